The van der Waals surface area contributed by atoms with E-state index in [-0.39, 0.29) is 5.60 Å². The lowest BCUT2D eigenvalue weighted by Gasteiger charge is -2.43. The van der Waals surface area contributed by atoms with Crippen molar-refractivity contribution >= 4 is 17.2 Å². The topological polar surface area (TPSA) is 38.5 Å². The van der Waals surface area contributed by atoms with Crippen LogP contribution < -0.4 is 5.73 Å². The summed E-state index contributed by atoms with van der Waals surface area (Å²) in [6, 6.07) is 0.993. The highest BCUT2D eigenvalue weighted by atomic mass is 32.1. The highest BCUT2D eigenvalue weighted by Crippen LogP contribution is 2.42. The van der Waals surface area contributed by atoms with Gasteiger partial charge in [0.2, 0.25) is 0 Å². The number of likely N-dealkylation sites (tertiary alicyclic amines) is 1. The van der Waals surface area contributed by atoms with Crippen LogP contribution in [0.3, 0.4) is 0 Å². The third-order valence-corrected chi connectivity index (χ3v) is 5.35. The van der Waals surface area contributed by atoms with Crippen LogP contribution in [0.5, 0.6) is 0 Å². The maximum atomic E-state index is 6.12. The van der Waals surface area contributed by atoms with Gasteiger partial charge in [-0.25, -0.2) is 0 Å². The van der Waals surface area contributed by atoms with Gasteiger partial charge < -0.3 is 10.5 Å². The van der Waals surface area contributed by atoms with E-state index in [4.69, 9.17) is 22.7 Å². The van der Waals surface area contributed by atoms with Gasteiger partial charge in [-0.1, -0.05) is 25.1 Å². The van der Waals surface area contributed by atoms with Crippen LogP contribution in [-0.2, 0) is 4.74 Å². The van der Waals surface area contributed by atoms with Gasteiger partial charge in [0.1, 0.15) is 0 Å². The first-order valence-corrected chi connectivity index (χ1v) is 7.80. The van der Waals surface area contributed by atoms with Gasteiger partial charge in [-0.15, -0.1) is 0 Å². The molecule has 0 aromatic heterocycles. The highest BCUT2D eigenvalue weighted by Gasteiger charge is 2.43. The number of rotatable bonds is 2. The zero-order valence-corrected chi connectivity index (χ0v) is 11.9. The van der Waals surface area contributed by atoms with Crippen LogP contribution in [0.1, 0.15) is 51.4 Å². The number of ether oxygens (including phenoxy) is 1. The van der Waals surface area contributed by atoms with Gasteiger partial charge in [-0.05, 0) is 45.1 Å². The van der Waals surface area contributed by atoms with E-state index in [0.717, 1.165) is 19.4 Å². The molecule has 0 aromatic carbocycles. The van der Waals surface area contributed by atoms with Gasteiger partial charge in [0.15, 0.2) is 0 Å². The van der Waals surface area contributed by atoms with Gasteiger partial charge in [0, 0.05) is 12.6 Å². The van der Waals surface area contributed by atoms with Gasteiger partial charge in [-0.2, -0.15) is 0 Å². The summed E-state index contributed by atoms with van der Waals surface area (Å²) in [6.45, 7) is 2.09. The predicted octanol–water partition coefficient (Wildman–Crippen LogP) is 2.23. The van der Waals surface area contributed by atoms with Crippen molar-refractivity contribution in [1.82, 2.24) is 4.90 Å². The average Bonchev–Trinajstić information content (AvgIpc) is 2.98. The Morgan fingerprint density at radius 1 is 1.22 bits per heavy atom. The van der Waals surface area contributed by atoms with Crippen molar-refractivity contribution in [1.29, 1.82) is 0 Å². The molecular weight excluding hydrogens is 244 g/mol. The number of thiocarbonyl (C=S) groups is 1. The Bertz CT molecular complexity index is 328. The SMILES string of the molecule is NC(=S)C1CCCN1C1CCOC2(CCCC2)C1. The molecule has 3 rings (SSSR count). The number of hydrogen-bond acceptors (Lipinski definition) is 3. The molecule has 2 N–H and O–H groups in total. The summed E-state index contributed by atoms with van der Waals surface area (Å²) in [4.78, 5) is 3.27. The monoisotopic (exact) mass is 268 g/mol. The van der Waals surface area contributed by atoms with Gasteiger partial charge >= 0.3 is 0 Å². The highest BCUT2D eigenvalue weighted by molar-refractivity contribution is 7.80. The summed E-state index contributed by atoms with van der Waals surface area (Å²) >= 11 is 5.23. The molecule has 2 heterocycles. The Morgan fingerprint density at radius 3 is 2.72 bits per heavy atom. The summed E-state index contributed by atoms with van der Waals surface area (Å²) in [6.07, 6.45) is 9.94. The largest absolute Gasteiger partial charge is 0.392 e. The predicted molar refractivity (Wildman–Crippen MR) is 76.7 cm³/mol. The van der Waals surface area contributed by atoms with Crippen LogP contribution in [0.4, 0.5) is 0 Å². The van der Waals surface area contributed by atoms with E-state index < -0.39 is 0 Å². The first-order chi connectivity index (χ1) is 8.70. The quantitative estimate of drug-likeness (QED) is 0.780. The van der Waals surface area contributed by atoms with Crippen molar-refractivity contribution in [3.05, 3.63) is 0 Å². The van der Waals surface area contributed by atoms with Crippen LogP contribution in [0.15, 0.2) is 0 Å². The van der Waals surface area contributed by atoms with Crippen molar-refractivity contribution in [2.75, 3.05) is 13.2 Å². The molecule has 0 amide bonds. The maximum Gasteiger partial charge on any atom is 0.0902 e. The Labute approximate surface area is 115 Å². The van der Waals surface area contributed by atoms with E-state index in [9.17, 15) is 0 Å². The first kappa shape index (κ1) is 12.8. The van der Waals surface area contributed by atoms with E-state index in [1.807, 2.05) is 0 Å². The van der Waals surface area contributed by atoms with Crippen molar-refractivity contribution in [2.45, 2.75) is 69.1 Å². The zero-order chi connectivity index (χ0) is 12.6. The lowest BCUT2D eigenvalue weighted by Crippen LogP contribution is -2.51. The Kier molecular flexibility index (Phi) is 3.61. The molecular formula is C14H24N2OS. The normalized spacial score (nSPS) is 36.2. The third kappa shape index (κ3) is 2.30. The molecule has 2 aliphatic heterocycles. The second kappa shape index (κ2) is 5.06. The molecule has 102 valence electrons. The molecule has 2 saturated heterocycles. The molecule has 3 fully saturated rings. The van der Waals surface area contributed by atoms with E-state index in [2.05, 4.69) is 4.90 Å². The molecule has 2 unspecified atom stereocenters. The van der Waals surface area contributed by atoms with E-state index in [1.54, 1.807) is 0 Å². The van der Waals surface area contributed by atoms with Crippen molar-refractivity contribution in [3.63, 3.8) is 0 Å². The molecule has 1 saturated carbocycles. The second-order valence-electron chi connectivity index (χ2n) is 6.18. The molecule has 3 nitrogen and oxygen atoms in total. The molecule has 4 heteroatoms. The van der Waals surface area contributed by atoms with E-state index in [0.29, 0.717) is 17.1 Å². The fraction of sp³-hybridized carbons (Fsp3) is 0.929. The first-order valence-electron chi connectivity index (χ1n) is 7.39. The summed E-state index contributed by atoms with van der Waals surface area (Å²) in [5.41, 5.74) is 6.10. The van der Waals surface area contributed by atoms with Crippen LogP contribution in [0, 0.1) is 0 Å². The molecule has 18 heavy (non-hydrogen) atoms. The molecule has 2 atom stereocenters. The van der Waals surface area contributed by atoms with E-state index in [1.165, 1.54) is 45.1 Å². The standard InChI is InChI=1S/C14H24N2OS/c15-13(18)12-4-3-8-16(12)11-5-9-17-14(10-11)6-1-2-7-14/h11-12H,1-10H2,(H2,15,18). The minimum atomic E-state index is 0.201. The van der Waals surface area contributed by atoms with Crippen molar-refractivity contribution in [3.8, 4) is 0 Å². The lowest BCUT2D eigenvalue weighted by atomic mass is 9.88. The number of nitrogens with zero attached hydrogens (tertiary/aromatic N) is 1. The van der Waals surface area contributed by atoms with Crippen LogP contribution in [0.2, 0.25) is 0 Å². The smallest absolute Gasteiger partial charge is 0.0902 e. The van der Waals surface area contributed by atoms with Crippen LogP contribution in [0.25, 0.3) is 0 Å². The molecule has 0 bridgehead atoms. The molecule has 0 aromatic rings. The fourth-order valence-electron chi connectivity index (χ4n) is 4.18. The minimum absolute atomic E-state index is 0.201. The zero-order valence-electron chi connectivity index (χ0n) is 11.1. The average molecular weight is 268 g/mol. The van der Waals surface area contributed by atoms with Gasteiger partial charge in [0.05, 0.1) is 16.6 Å². The summed E-state index contributed by atoms with van der Waals surface area (Å²) < 4.78 is 6.12. The van der Waals surface area contributed by atoms with Crippen LogP contribution >= 0.6 is 12.2 Å². The Morgan fingerprint density at radius 2 is 2.00 bits per heavy atom. The summed E-state index contributed by atoms with van der Waals surface area (Å²) in [7, 11) is 0. The van der Waals surface area contributed by atoms with Crippen LogP contribution in [-0.4, -0.2) is 40.7 Å². The van der Waals surface area contributed by atoms with Gasteiger partial charge in [-0.3, -0.25) is 4.90 Å². The Hall–Kier alpha value is -0.190. The Balaban J connectivity index is 1.70. The minimum Gasteiger partial charge on any atom is -0.392 e. The molecule has 0 radical (unpaired) electrons. The van der Waals surface area contributed by atoms with Crippen molar-refractivity contribution < 1.29 is 4.74 Å². The summed E-state index contributed by atoms with van der Waals surface area (Å²) in [5, 5.41) is 0. The molecule has 1 aliphatic carbocycles. The number of hydrogen-bond donors (Lipinski definition) is 1. The molecule has 3 aliphatic rings. The molecule has 1 spiro atoms. The maximum absolute atomic E-state index is 6.12. The lowest BCUT2D eigenvalue weighted by molar-refractivity contribution is -0.101. The van der Waals surface area contributed by atoms with Gasteiger partial charge in [0.25, 0.3) is 0 Å². The summed E-state index contributed by atoms with van der Waals surface area (Å²) in [5.74, 6) is 0. The van der Waals surface area contributed by atoms with E-state index >= 15 is 0 Å². The second-order valence-corrected chi connectivity index (χ2v) is 6.65. The number of nitrogens with two attached hydrogens (primary N) is 1. The fourth-order valence-corrected chi connectivity index (χ4v) is 4.44. The van der Waals surface area contributed by atoms with Crippen molar-refractivity contribution in [2.24, 2.45) is 5.73 Å². The third-order valence-electron chi connectivity index (χ3n) is 5.07.